The average Bonchev–Trinajstić information content (AvgIpc) is 3.68. The summed E-state index contributed by atoms with van der Waals surface area (Å²) in [6, 6.07) is 25.2. The van der Waals surface area contributed by atoms with Gasteiger partial charge in [-0.25, -0.2) is 16.8 Å². The van der Waals surface area contributed by atoms with Gasteiger partial charge in [0.15, 0.2) is 5.71 Å². The lowest BCUT2D eigenvalue weighted by molar-refractivity contribution is -0.438. The van der Waals surface area contributed by atoms with Gasteiger partial charge in [-0.15, -0.1) is 0 Å². The Morgan fingerprint density at radius 3 is 1.98 bits per heavy atom. The van der Waals surface area contributed by atoms with Crippen molar-refractivity contribution in [1.29, 1.82) is 0 Å². The van der Waals surface area contributed by atoms with Crippen LogP contribution in [-0.2, 0) is 31.1 Å². The maximum atomic E-state index is 11.4. The predicted octanol–water partition coefficient (Wildman–Crippen LogP) is 9.47. The van der Waals surface area contributed by atoms with E-state index in [1.165, 1.54) is 21.9 Å². The van der Waals surface area contributed by atoms with Gasteiger partial charge in [0.05, 0.1) is 25.7 Å². The Kier molecular flexibility index (Phi) is 11.0. The van der Waals surface area contributed by atoms with Gasteiger partial charge in [-0.3, -0.25) is 0 Å². The number of nitrogens with zero attached hydrogens (tertiary/aromatic N) is 2. The first kappa shape index (κ1) is 40.1. The molecule has 0 bridgehead atoms. The van der Waals surface area contributed by atoms with Crippen molar-refractivity contribution >= 4 is 70.5 Å². The quantitative estimate of drug-likeness (QED) is 0.0750. The lowest BCUT2D eigenvalue weighted by Gasteiger charge is -2.27. The van der Waals surface area contributed by atoms with E-state index < -0.39 is 20.2 Å². The van der Waals surface area contributed by atoms with Crippen LogP contribution in [0, 0.1) is 0 Å². The SMILES string of the molecule is CC1(C)C(/C=C/C2=C(Cl)C(=C/C=C3/N(CCCCS(=O)(=O)[O-])c4ccc5ccccc5c4C3(C)C)/CC2)=[N+](CCCCS(=O)(=O)[O-])c2ccc3ccccc3c21. The van der Waals surface area contributed by atoms with Crippen molar-refractivity contribution in [2.45, 2.75) is 77.0 Å². The first-order valence-corrected chi connectivity index (χ1v) is 22.8. The Morgan fingerprint density at radius 1 is 0.714 bits per heavy atom. The zero-order chi connectivity index (χ0) is 40.0. The van der Waals surface area contributed by atoms with Gasteiger partial charge in [0.25, 0.3) is 0 Å². The first-order chi connectivity index (χ1) is 26.5. The van der Waals surface area contributed by atoms with Crippen LogP contribution in [0.25, 0.3) is 21.5 Å². The average molecular weight is 812 g/mol. The number of rotatable bonds is 13. The van der Waals surface area contributed by atoms with Crippen LogP contribution in [0.4, 0.5) is 11.4 Å². The Labute approximate surface area is 336 Å². The standard InChI is InChI=1S/C45H49ClN2O6S2/c1-44(2)39(47(27-9-11-29-55(49,50)51)37-23-19-31-13-5-7-15-35(31)41(37)44)25-21-33-17-18-34(43(33)46)22-26-40-45(3,4)42-36-16-8-6-14-32(36)20-24-38(42)48(40)28-10-12-30-56(52,53)54/h5-8,13-16,19-26H,9-12,17-18,27-30H2,1-4H3,(H-,49,50,51,52,53,54)/p-1. The fraction of sp³-hybridized carbons (Fsp3) is 0.356. The second-order valence-corrected chi connectivity index (χ2v) is 19.6. The second kappa shape index (κ2) is 15.4. The van der Waals surface area contributed by atoms with Gasteiger partial charge < -0.3 is 14.0 Å². The molecule has 1 aliphatic carbocycles. The minimum atomic E-state index is -4.28. The topological polar surface area (TPSA) is 121 Å². The van der Waals surface area contributed by atoms with E-state index in [0.717, 1.165) is 62.6 Å². The highest BCUT2D eigenvalue weighted by molar-refractivity contribution is 7.85. The van der Waals surface area contributed by atoms with Crippen molar-refractivity contribution in [2.24, 2.45) is 0 Å². The highest BCUT2D eigenvalue weighted by Crippen LogP contribution is 2.51. The van der Waals surface area contributed by atoms with Crippen LogP contribution in [0.15, 0.2) is 119 Å². The van der Waals surface area contributed by atoms with Crippen LogP contribution < -0.4 is 4.90 Å². The molecule has 4 aromatic rings. The van der Waals surface area contributed by atoms with Gasteiger partial charge >= 0.3 is 0 Å². The van der Waals surface area contributed by atoms with E-state index in [2.05, 4.69) is 122 Å². The zero-order valence-corrected chi connectivity index (χ0v) is 34.7. The minimum absolute atomic E-state index is 0.293. The molecule has 0 radical (unpaired) electrons. The second-order valence-electron chi connectivity index (χ2n) is 16.2. The van der Waals surface area contributed by atoms with E-state index in [1.54, 1.807) is 0 Å². The highest BCUT2D eigenvalue weighted by Gasteiger charge is 2.45. The van der Waals surface area contributed by atoms with Crippen molar-refractivity contribution in [3.63, 3.8) is 0 Å². The van der Waals surface area contributed by atoms with Gasteiger partial charge in [0, 0.05) is 64.0 Å². The molecule has 3 aliphatic rings. The van der Waals surface area contributed by atoms with Crippen LogP contribution in [-0.4, -0.2) is 60.8 Å². The number of hydrogen-bond donors (Lipinski definition) is 0. The molecular formula is C45H48ClN2O6S2-. The first-order valence-electron chi connectivity index (χ1n) is 19.3. The zero-order valence-electron chi connectivity index (χ0n) is 32.3. The predicted molar refractivity (Wildman–Crippen MR) is 226 cm³/mol. The third-order valence-electron chi connectivity index (χ3n) is 11.7. The molecule has 0 atom stereocenters. The minimum Gasteiger partial charge on any atom is -0.748 e. The van der Waals surface area contributed by atoms with Gasteiger partial charge in [-0.05, 0) is 102 Å². The van der Waals surface area contributed by atoms with Crippen molar-refractivity contribution in [3.05, 3.63) is 130 Å². The monoisotopic (exact) mass is 811 g/mol. The number of fused-ring (bicyclic) bond motifs is 6. The Morgan fingerprint density at radius 2 is 1.32 bits per heavy atom. The molecule has 294 valence electrons. The molecule has 4 aromatic carbocycles. The van der Waals surface area contributed by atoms with E-state index in [0.29, 0.717) is 38.8 Å². The van der Waals surface area contributed by atoms with Crippen LogP contribution in [0.1, 0.15) is 77.3 Å². The summed E-state index contributed by atoms with van der Waals surface area (Å²) in [5.74, 6) is -0.756. The van der Waals surface area contributed by atoms with E-state index in [-0.39, 0.29) is 22.3 Å². The molecule has 0 saturated heterocycles. The Hall–Kier alpha value is -4.06. The number of allylic oxidation sites excluding steroid dienone is 8. The number of unbranched alkanes of at least 4 members (excludes halogenated alkanes) is 2. The van der Waals surface area contributed by atoms with Crippen molar-refractivity contribution in [1.82, 2.24) is 0 Å². The van der Waals surface area contributed by atoms with Gasteiger partial charge in [0.1, 0.15) is 6.54 Å². The summed E-state index contributed by atoms with van der Waals surface area (Å²) < 4.78 is 70.4. The summed E-state index contributed by atoms with van der Waals surface area (Å²) in [6.45, 7) is 10.0. The molecule has 0 saturated carbocycles. The number of hydrogen-bond acceptors (Lipinski definition) is 7. The fourth-order valence-corrected chi connectivity index (χ4v) is 10.4. The van der Waals surface area contributed by atoms with Crippen molar-refractivity contribution in [3.8, 4) is 0 Å². The van der Waals surface area contributed by atoms with Crippen molar-refractivity contribution in [2.75, 3.05) is 29.5 Å². The molecule has 0 aromatic heterocycles. The van der Waals surface area contributed by atoms with Crippen LogP contribution >= 0.6 is 11.6 Å². The molecule has 0 fully saturated rings. The number of benzene rings is 4. The smallest absolute Gasteiger partial charge is 0.210 e. The fourth-order valence-electron chi connectivity index (χ4n) is 9.02. The molecule has 7 rings (SSSR count). The summed E-state index contributed by atoms with van der Waals surface area (Å²) in [5.41, 5.74) is 8.14. The summed E-state index contributed by atoms with van der Waals surface area (Å²) in [6.07, 6.45) is 11.8. The summed E-state index contributed by atoms with van der Waals surface area (Å²) in [7, 11) is -8.57. The third-order valence-corrected chi connectivity index (χ3v) is 13.7. The molecule has 0 amide bonds. The maximum Gasteiger partial charge on any atom is 0.210 e. The number of anilines is 1. The molecule has 2 aliphatic heterocycles. The molecule has 11 heteroatoms. The Bertz CT molecular complexity index is 2620. The van der Waals surface area contributed by atoms with E-state index in [9.17, 15) is 25.9 Å². The lowest BCUT2D eigenvalue weighted by atomic mass is 9.79. The van der Waals surface area contributed by atoms with E-state index >= 15 is 0 Å². The largest absolute Gasteiger partial charge is 0.748 e. The van der Waals surface area contributed by atoms with Crippen molar-refractivity contribution < 1.29 is 30.5 Å². The van der Waals surface area contributed by atoms with Gasteiger partial charge in [0.2, 0.25) is 5.69 Å². The van der Waals surface area contributed by atoms with Crippen LogP contribution in [0.2, 0.25) is 0 Å². The molecular weight excluding hydrogens is 764 g/mol. The van der Waals surface area contributed by atoms with E-state index in [4.69, 9.17) is 11.6 Å². The lowest BCUT2D eigenvalue weighted by Crippen LogP contribution is -2.28. The maximum absolute atomic E-state index is 11.4. The van der Waals surface area contributed by atoms with Gasteiger partial charge in [-0.2, -0.15) is 4.58 Å². The highest BCUT2D eigenvalue weighted by atomic mass is 35.5. The molecule has 56 heavy (non-hydrogen) atoms. The van der Waals surface area contributed by atoms with Crippen LogP contribution in [0.5, 0.6) is 0 Å². The number of halogens is 1. The van der Waals surface area contributed by atoms with E-state index in [1.807, 2.05) is 12.1 Å². The normalized spacial score (nSPS) is 19.4. The van der Waals surface area contributed by atoms with Gasteiger partial charge in [-0.1, -0.05) is 92.2 Å². The summed E-state index contributed by atoms with van der Waals surface area (Å²) in [5, 5.41) is 5.38. The summed E-state index contributed by atoms with van der Waals surface area (Å²) in [4.78, 5) is 2.27. The summed E-state index contributed by atoms with van der Waals surface area (Å²) >= 11 is 7.18. The molecule has 0 spiro atoms. The Balaban J connectivity index is 1.22. The van der Waals surface area contributed by atoms with Crippen LogP contribution in [0.3, 0.4) is 0 Å². The third kappa shape index (κ3) is 7.91. The molecule has 8 nitrogen and oxygen atoms in total. The molecule has 2 heterocycles. The molecule has 0 unspecified atom stereocenters. The molecule has 0 N–H and O–H groups in total.